The maximum absolute atomic E-state index is 10.6. The molecule has 3 N–H and O–H groups in total. The molecule has 0 spiro atoms. The van der Waals surface area contributed by atoms with Crippen molar-refractivity contribution in [3.05, 3.63) is 42.6 Å². The molecular weight excluding hydrogens is 454 g/mol. The van der Waals surface area contributed by atoms with Crippen LogP contribution in [0.3, 0.4) is 0 Å². The molecule has 0 fully saturated rings. The Balaban J connectivity index is 0.000000305. The van der Waals surface area contributed by atoms with E-state index in [1.54, 1.807) is 6.20 Å². The fourth-order valence-electron chi connectivity index (χ4n) is 2.15. The second kappa shape index (κ2) is 11.9. The topological polar surface area (TPSA) is 127 Å². The lowest BCUT2D eigenvalue weighted by Crippen LogP contribution is -2.26. The van der Waals surface area contributed by atoms with Crippen molar-refractivity contribution in [3.63, 3.8) is 0 Å². The van der Waals surface area contributed by atoms with E-state index in [9.17, 15) is 26.3 Å². The number of nitrogens with one attached hydrogen (secondary N) is 1. The van der Waals surface area contributed by atoms with E-state index in [0.29, 0.717) is 18.4 Å². The zero-order valence-corrected chi connectivity index (χ0v) is 16.1. The quantitative estimate of drug-likeness (QED) is 0.582. The zero-order valence-electron chi connectivity index (χ0n) is 16.1. The van der Waals surface area contributed by atoms with Gasteiger partial charge in [-0.3, -0.25) is 0 Å². The Bertz CT molecular complexity index is 833. The summed E-state index contributed by atoms with van der Waals surface area (Å²) in [5.74, 6) is -4.39. The number of carboxylic acids is 2. The van der Waals surface area contributed by atoms with Gasteiger partial charge in [-0.15, -0.1) is 0 Å². The normalized spacial score (nSPS) is 15.6. The van der Waals surface area contributed by atoms with Gasteiger partial charge in [0, 0.05) is 44.0 Å². The van der Waals surface area contributed by atoms with Gasteiger partial charge in [0.25, 0.3) is 0 Å². The predicted molar refractivity (Wildman–Crippen MR) is 94.5 cm³/mol. The summed E-state index contributed by atoms with van der Waals surface area (Å²) >= 11 is 0. The van der Waals surface area contributed by atoms with Gasteiger partial charge in [0.2, 0.25) is 5.88 Å². The molecule has 0 saturated heterocycles. The van der Waals surface area contributed by atoms with Crippen LogP contribution < -0.4 is 10.1 Å². The lowest BCUT2D eigenvalue weighted by molar-refractivity contribution is -0.193. The number of aromatic nitrogens is 3. The fraction of sp³-hybridized carbons (Fsp3) is 0.412. The molecule has 3 rings (SSSR count). The first-order valence-electron chi connectivity index (χ1n) is 8.64. The molecule has 0 aliphatic carbocycles. The summed E-state index contributed by atoms with van der Waals surface area (Å²) in [6.07, 6.45) is -4.63. The van der Waals surface area contributed by atoms with Crippen molar-refractivity contribution in [2.75, 3.05) is 13.2 Å². The van der Waals surface area contributed by atoms with Crippen LogP contribution in [0.1, 0.15) is 5.69 Å². The number of hydrogen-bond acceptors (Lipinski definition) is 6. The van der Waals surface area contributed by atoms with Crippen LogP contribution in [0.2, 0.25) is 0 Å². The van der Waals surface area contributed by atoms with Crippen molar-refractivity contribution < 1.29 is 50.9 Å². The number of rotatable bonds is 3. The molecule has 15 heteroatoms. The Hall–Kier alpha value is -3.36. The van der Waals surface area contributed by atoms with E-state index in [4.69, 9.17) is 24.5 Å². The molecule has 9 nitrogen and oxygen atoms in total. The van der Waals surface area contributed by atoms with Gasteiger partial charge in [-0.1, -0.05) is 6.07 Å². The highest BCUT2D eigenvalue weighted by Gasteiger charge is 2.38. The first-order chi connectivity index (χ1) is 14.8. The number of alkyl halides is 6. The molecule has 0 bridgehead atoms. The number of imidazole rings is 1. The number of nitrogens with zero attached hydrogens (tertiary/aromatic N) is 3. The first kappa shape index (κ1) is 26.7. The van der Waals surface area contributed by atoms with Crippen molar-refractivity contribution in [3.8, 4) is 5.88 Å². The fourth-order valence-corrected chi connectivity index (χ4v) is 2.15. The molecule has 1 aliphatic rings. The lowest BCUT2D eigenvalue weighted by atomic mass is 10.1. The average Bonchev–Trinajstić information content (AvgIpc) is 3.04. The third kappa shape index (κ3) is 10.1. The highest BCUT2D eigenvalue weighted by molar-refractivity contribution is 5.73. The largest absolute Gasteiger partial charge is 0.490 e. The zero-order chi connectivity index (χ0) is 24.4. The molecule has 32 heavy (non-hydrogen) atoms. The van der Waals surface area contributed by atoms with Gasteiger partial charge in [0.1, 0.15) is 0 Å². The van der Waals surface area contributed by atoms with E-state index in [-0.39, 0.29) is 0 Å². The molecule has 0 aromatic carbocycles. The highest BCUT2D eigenvalue weighted by atomic mass is 19.4. The summed E-state index contributed by atoms with van der Waals surface area (Å²) in [5, 5.41) is 17.7. The van der Waals surface area contributed by atoms with Crippen molar-refractivity contribution >= 4 is 11.9 Å². The van der Waals surface area contributed by atoms with Crippen molar-refractivity contribution in [2.24, 2.45) is 5.92 Å². The Morgan fingerprint density at radius 3 is 2.22 bits per heavy atom. The van der Waals surface area contributed by atoms with Crippen LogP contribution in [0.25, 0.3) is 0 Å². The molecule has 1 atom stereocenters. The molecular formula is C17H18F6N4O5. The Morgan fingerprint density at radius 2 is 1.72 bits per heavy atom. The standard InChI is InChI=1S/C13H16N4O.2C2HF3O2/c1-2-4-16-13(3-1)18-9-11-5-14-6-12-7-15-10-17(12)8-11;2*3-2(4,5)1(6)7/h1-4,7,10-11,14H,5-6,8-9H2;2*(H,6,7). The summed E-state index contributed by atoms with van der Waals surface area (Å²) in [7, 11) is 0. The summed E-state index contributed by atoms with van der Waals surface area (Å²) in [4.78, 5) is 26.1. The van der Waals surface area contributed by atoms with Gasteiger partial charge in [0.05, 0.1) is 18.6 Å². The summed E-state index contributed by atoms with van der Waals surface area (Å²) < 4.78 is 71.4. The van der Waals surface area contributed by atoms with Crippen LogP contribution >= 0.6 is 0 Å². The van der Waals surface area contributed by atoms with Crippen LogP contribution in [0.15, 0.2) is 36.9 Å². The number of ether oxygens (including phenoxy) is 1. The molecule has 1 aliphatic heterocycles. The van der Waals surface area contributed by atoms with Gasteiger partial charge < -0.3 is 24.8 Å². The van der Waals surface area contributed by atoms with Crippen molar-refractivity contribution in [1.29, 1.82) is 0 Å². The van der Waals surface area contributed by atoms with Crippen LogP contribution in [0.5, 0.6) is 5.88 Å². The SMILES string of the molecule is O=C(O)C(F)(F)F.O=C(O)C(F)(F)F.c1ccc(OCC2CNCc3cncn3C2)nc1. The monoisotopic (exact) mass is 472 g/mol. The summed E-state index contributed by atoms with van der Waals surface area (Å²) in [6.45, 7) is 3.44. The van der Waals surface area contributed by atoms with Crippen molar-refractivity contribution in [1.82, 2.24) is 19.9 Å². The van der Waals surface area contributed by atoms with Crippen molar-refractivity contribution in [2.45, 2.75) is 25.4 Å². The molecule has 0 radical (unpaired) electrons. The second-order valence-corrected chi connectivity index (χ2v) is 6.12. The molecule has 2 aromatic heterocycles. The highest BCUT2D eigenvalue weighted by Crippen LogP contribution is 2.14. The van der Waals surface area contributed by atoms with Crippen LogP contribution in [0.4, 0.5) is 26.3 Å². The van der Waals surface area contributed by atoms with E-state index < -0.39 is 24.3 Å². The maximum Gasteiger partial charge on any atom is 0.490 e. The van der Waals surface area contributed by atoms with E-state index in [1.807, 2.05) is 30.7 Å². The molecule has 1 unspecified atom stereocenters. The number of aliphatic carboxylic acids is 2. The smallest absolute Gasteiger partial charge is 0.477 e. The van der Waals surface area contributed by atoms with E-state index in [0.717, 1.165) is 19.6 Å². The van der Waals surface area contributed by atoms with Crippen LogP contribution in [0, 0.1) is 5.92 Å². The minimum absolute atomic E-state index is 0.433. The molecule has 2 aromatic rings. The number of fused-ring (bicyclic) bond motifs is 1. The van der Waals surface area contributed by atoms with Gasteiger partial charge in [-0.25, -0.2) is 19.6 Å². The van der Waals surface area contributed by atoms with E-state index in [2.05, 4.69) is 19.9 Å². The average molecular weight is 472 g/mol. The summed E-state index contributed by atoms with van der Waals surface area (Å²) in [5.41, 5.74) is 1.23. The predicted octanol–water partition coefficient (Wildman–Crippen LogP) is 2.34. The van der Waals surface area contributed by atoms with Gasteiger partial charge in [-0.2, -0.15) is 26.3 Å². The second-order valence-electron chi connectivity index (χ2n) is 6.12. The lowest BCUT2D eigenvalue weighted by Gasteiger charge is -2.15. The number of halogens is 6. The number of carbonyl (C=O) groups is 2. The Kier molecular flexibility index (Phi) is 9.90. The van der Waals surface area contributed by atoms with Gasteiger partial charge >= 0.3 is 24.3 Å². The molecule has 3 heterocycles. The van der Waals surface area contributed by atoms with Gasteiger partial charge in [-0.05, 0) is 6.07 Å². The Labute approximate surface area is 176 Å². The van der Waals surface area contributed by atoms with Gasteiger partial charge in [0.15, 0.2) is 0 Å². The molecule has 178 valence electrons. The van der Waals surface area contributed by atoms with E-state index >= 15 is 0 Å². The van der Waals surface area contributed by atoms with Crippen LogP contribution in [-0.2, 0) is 22.7 Å². The van der Waals surface area contributed by atoms with E-state index in [1.165, 1.54) is 5.69 Å². The maximum atomic E-state index is 10.6. The third-order valence-corrected chi connectivity index (χ3v) is 3.58. The summed E-state index contributed by atoms with van der Waals surface area (Å²) in [6, 6.07) is 5.70. The minimum Gasteiger partial charge on any atom is -0.477 e. The van der Waals surface area contributed by atoms with Crippen LogP contribution in [-0.4, -0.2) is 62.2 Å². The minimum atomic E-state index is -5.08. The molecule has 0 saturated carbocycles. The Morgan fingerprint density at radius 1 is 1.12 bits per heavy atom. The molecule has 0 amide bonds. The number of hydrogen-bond donors (Lipinski definition) is 3. The number of pyridine rings is 1. The number of carboxylic acid groups (broad SMARTS) is 2. The third-order valence-electron chi connectivity index (χ3n) is 3.58. The first-order valence-corrected chi connectivity index (χ1v) is 8.64.